The lowest BCUT2D eigenvalue weighted by molar-refractivity contribution is -0.133. The maximum atomic E-state index is 13.6. The fourth-order valence-corrected chi connectivity index (χ4v) is 5.22. The Bertz CT molecular complexity index is 1280. The highest BCUT2D eigenvalue weighted by molar-refractivity contribution is 6.05. The number of furan rings is 1. The van der Waals surface area contributed by atoms with Crippen LogP contribution in [-0.2, 0) is 9.53 Å². The fraction of sp³-hybridized carbons (Fsp3) is 0.367. The Morgan fingerprint density at radius 2 is 1.62 bits per heavy atom. The lowest BCUT2D eigenvalue weighted by Gasteiger charge is -2.38. The van der Waals surface area contributed by atoms with Gasteiger partial charge in [-0.1, -0.05) is 37.3 Å². The molecule has 1 atom stereocenters. The standard InChI is InChI=1S/C30H34N4O5/c1-2-24(22-7-4-3-5-8-22)29(36)33-14-12-32(13-15-33)26-11-10-23(31-28(35)27-9-6-18-39-27)21-25(26)30(37)34-16-19-38-20-17-34/h3-11,18,21,24H,2,12-17,19-20H2,1H3,(H,31,35). The Morgan fingerprint density at radius 3 is 2.28 bits per heavy atom. The molecule has 2 fully saturated rings. The van der Waals surface area contributed by atoms with Crippen molar-refractivity contribution in [2.24, 2.45) is 0 Å². The van der Waals surface area contributed by atoms with Gasteiger partial charge in [-0.3, -0.25) is 14.4 Å². The van der Waals surface area contributed by atoms with Crippen molar-refractivity contribution in [2.45, 2.75) is 19.3 Å². The van der Waals surface area contributed by atoms with Gasteiger partial charge in [0.1, 0.15) is 0 Å². The van der Waals surface area contributed by atoms with Crippen LogP contribution in [-0.4, -0.2) is 80.0 Å². The molecule has 0 bridgehead atoms. The second kappa shape index (κ2) is 12.2. The molecular weight excluding hydrogens is 496 g/mol. The second-order valence-electron chi connectivity index (χ2n) is 9.75. The third-order valence-electron chi connectivity index (χ3n) is 7.37. The van der Waals surface area contributed by atoms with E-state index in [4.69, 9.17) is 9.15 Å². The van der Waals surface area contributed by atoms with Crippen molar-refractivity contribution in [1.29, 1.82) is 0 Å². The second-order valence-corrected chi connectivity index (χ2v) is 9.75. The summed E-state index contributed by atoms with van der Waals surface area (Å²) < 4.78 is 10.6. The quantitative estimate of drug-likeness (QED) is 0.499. The molecule has 3 amide bonds. The number of ether oxygens (including phenoxy) is 1. The summed E-state index contributed by atoms with van der Waals surface area (Å²) in [6, 6.07) is 18.6. The number of carbonyl (C=O) groups excluding carboxylic acids is 3. The molecule has 0 radical (unpaired) electrons. The van der Waals surface area contributed by atoms with E-state index < -0.39 is 0 Å². The van der Waals surface area contributed by atoms with Crippen molar-refractivity contribution < 1.29 is 23.5 Å². The van der Waals surface area contributed by atoms with Gasteiger partial charge in [-0.15, -0.1) is 0 Å². The summed E-state index contributed by atoms with van der Waals surface area (Å²) in [5.41, 5.74) is 2.87. The van der Waals surface area contributed by atoms with Gasteiger partial charge in [0, 0.05) is 50.6 Å². The fourth-order valence-electron chi connectivity index (χ4n) is 5.22. The molecular formula is C30H34N4O5. The average molecular weight is 531 g/mol. The van der Waals surface area contributed by atoms with E-state index in [9.17, 15) is 14.4 Å². The predicted molar refractivity (Wildman–Crippen MR) is 148 cm³/mol. The van der Waals surface area contributed by atoms with Gasteiger partial charge in [0.05, 0.1) is 31.0 Å². The molecule has 0 spiro atoms. The van der Waals surface area contributed by atoms with Crippen LogP contribution < -0.4 is 10.2 Å². The Balaban J connectivity index is 1.33. The summed E-state index contributed by atoms with van der Waals surface area (Å²) in [4.78, 5) is 45.4. The number of amides is 3. The Labute approximate surface area is 228 Å². The molecule has 0 aliphatic carbocycles. The Morgan fingerprint density at radius 1 is 0.872 bits per heavy atom. The lowest BCUT2D eigenvalue weighted by atomic mass is 9.94. The molecule has 2 aliphatic rings. The van der Waals surface area contributed by atoms with E-state index in [0.29, 0.717) is 63.7 Å². The molecule has 2 saturated heterocycles. The monoisotopic (exact) mass is 530 g/mol. The molecule has 3 aromatic rings. The highest BCUT2D eigenvalue weighted by Gasteiger charge is 2.30. The zero-order valence-electron chi connectivity index (χ0n) is 22.2. The summed E-state index contributed by atoms with van der Waals surface area (Å²) >= 11 is 0. The van der Waals surface area contributed by atoms with Crippen molar-refractivity contribution in [2.75, 3.05) is 62.7 Å². The van der Waals surface area contributed by atoms with Crippen molar-refractivity contribution in [3.05, 3.63) is 83.8 Å². The molecule has 204 valence electrons. The minimum absolute atomic E-state index is 0.101. The van der Waals surface area contributed by atoms with E-state index in [1.165, 1.54) is 6.26 Å². The summed E-state index contributed by atoms with van der Waals surface area (Å²) in [5.74, 6) is -0.302. The van der Waals surface area contributed by atoms with Crippen LogP contribution in [0.4, 0.5) is 11.4 Å². The summed E-state index contributed by atoms with van der Waals surface area (Å²) in [6.45, 7) is 6.43. The first-order chi connectivity index (χ1) is 19.0. The van der Waals surface area contributed by atoms with Gasteiger partial charge >= 0.3 is 0 Å². The van der Waals surface area contributed by atoms with Gasteiger partial charge in [-0.05, 0) is 42.3 Å². The Kier molecular flexibility index (Phi) is 8.27. The molecule has 1 aromatic heterocycles. The maximum Gasteiger partial charge on any atom is 0.291 e. The number of benzene rings is 2. The first-order valence-corrected chi connectivity index (χ1v) is 13.5. The first kappa shape index (κ1) is 26.5. The summed E-state index contributed by atoms with van der Waals surface area (Å²) in [7, 11) is 0. The number of rotatable bonds is 7. The predicted octanol–water partition coefficient (Wildman–Crippen LogP) is 3.85. The maximum absolute atomic E-state index is 13.6. The zero-order valence-corrected chi connectivity index (χ0v) is 22.2. The van der Waals surface area contributed by atoms with Crippen LogP contribution >= 0.6 is 0 Å². The van der Waals surface area contributed by atoms with Gasteiger partial charge in [-0.2, -0.15) is 0 Å². The van der Waals surface area contributed by atoms with Crippen LogP contribution in [0.3, 0.4) is 0 Å². The third-order valence-corrected chi connectivity index (χ3v) is 7.37. The van der Waals surface area contributed by atoms with Crippen molar-refractivity contribution in [1.82, 2.24) is 9.80 Å². The molecule has 0 saturated carbocycles. The van der Waals surface area contributed by atoms with E-state index in [-0.39, 0.29) is 29.4 Å². The minimum atomic E-state index is -0.381. The van der Waals surface area contributed by atoms with Crippen LogP contribution in [0.15, 0.2) is 71.3 Å². The third kappa shape index (κ3) is 5.98. The minimum Gasteiger partial charge on any atom is -0.459 e. The van der Waals surface area contributed by atoms with E-state index in [1.807, 2.05) is 48.2 Å². The topological polar surface area (TPSA) is 95.3 Å². The molecule has 5 rings (SSSR count). The summed E-state index contributed by atoms with van der Waals surface area (Å²) in [5, 5.41) is 2.83. The number of nitrogens with zero attached hydrogens (tertiary/aromatic N) is 3. The van der Waals surface area contributed by atoms with Gasteiger partial charge in [0.2, 0.25) is 5.91 Å². The number of carbonyl (C=O) groups is 3. The zero-order chi connectivity index (χ0) is 27.2. The molecule has 2 aliphatic heterocycles. The van der Waals surface area contributed by atoms with Crippen LogP contribution in [0.2, 0.25) is 0 Å². The van der Waals surface area contributed by atoms with Crippen molar-refractivity contribution in [3.8, 4) is 0 Å². The number of morpholine rings is 1. The Hall–Kier alpha value is -4.11. The number of nitrogens with one attached hydrogen (secondary N) is 1. The number of piperazine rings is 1. The van der Waals surface area contributed by atoms with E-state index in [0.717, 1.165) is 17.7 Å². The molecule has 39 heavy (non-hydrogen) atoms. The molecule has 9 nitrogen and oxygen atoms in total. The van der Waals surface area contributed by atoms with Crippen LogP contribution in [0.1, 0.15) is 45.7 Å². The molecule has 2 aromatic carbocycles. The van der Waals surface area contributed by atoms with Crippen LogP contribution in [0.25, 0.3) is 0 Å². The number of hydrogen-bond acceptors (Lipinski definition) is 6. The van der Waals surface area contributed by atoms with Crippen molar-refractivity contribution in [3.63, 3.8) is 0 Å². The molecule has 1 N–H and O–H groups in total. The summed E-state index contributed by atoms with van der Waals surface area (Å²) in [6.07, 6.45) is 2.19. The average Bonchev–Trinajstić information content (AvgIpc) is 3.54. The highest BCUT2D eigenvalue weighted by Crippen LogP contribution is 2.29. The highest BCUT2D eigenvalue weighted by atomic mass is 16.5. The van der Waals surface area contributed by atoms with Crippen molar-refractivity contribution >= 4 is 29.1 Å². The molecule has 1 unspecified atom stereocenters. The van der Waals surface area contributed by atoms with Crippen LogP contribution in [0.5, 0.6) is 0 Å². The van der Waals surface area contributed by atoms with E-state index in [2.05, 4.69) is 10.2 Å². The van der Waals surface area contributed by atoms with Crippen LogP contribution in [0, 0.1) is 0 Å². The molecule has 3 heterocycles. The number of anilines is 2. The SMILES string of the molecule is CCC(C(=O)N1CCN(c2ccc(NC(=O)c3ccco3)cc2C(=O)N2CCOCC2)CC1)c1ccccc1. The largest absolute Gasteiger partial charge is 0.459 e. The smallest absolute Gasteiger partial charge is 0.291 e. The van der Waals surface area contributed by atoms with E-state index in [1.54, 1.807) is 29.2 Å². The normalized spacial score (nSPS) is 16.6. The van der Waals surface area contributed by atoms with Gasteiger partial charge in [0.15, 0.2) is 5.76 Å². The number of hydrogen-bond donors (Lipinski definition) is 1. The van der Waals surface area contributed by atoms with Gasteiger partial charge in [-0.25, -0.2) is 0 Å². The lowest BCUT2D eigenvalue weighted by Crippen LogP contribution is -2.50. The molecule has 9 heteroatoms. The first-order valence-electron chi connectivity index (χ1n) is 13.5. The van der Waals surface area contributed by atoms with Gasteiger partial charge in [0.25, 0.3) is 11.8 Å². The van der Waals surface area contributed by atoms with Gasteiger partial charge < -0.3 is 29.2 Å². The van der Waals surface area contributed by atoms with E-state index >= 15 is 0 Å².